The van der Waals surface area contributed by atoms with Crippen molar-refractivity contribution in [2.75, 3.05) is 38.6 Å². The van der Waals surface area contributed by atoms with E-state index in [1.54, 1.807) is 0 Å². The molecular formula is C16H27N3. The van der Waals surface area contributed by atoms with E-state index in [4.69, 9.17) is 0 Å². The van der Waals surface area contributed by atoms with E-state index in [1.807, 2.05) is 0 Å². The number of nitrogens with one attached hydrogen (secondary N) is 1. The zero-order valence-corrected chi connectivity index (χ0v) is 12.5. The van der Waals surface area contributed by atoms with E-state index in [1.165, 1.54) is 37.2 Å². The Morgan fingerprint density at radius 2 is 1.79 bits per heavy atom. The third-order valence-electron chi connectivity index (χ3n) is 4.06. The Morgan fingerprint density at radius 3 is 2.37 bits per heavy atom. The monoisotopic (exact) mass is 261 g/mol. The molecular weight excluding hydrogens is 234 g/mol. The highest BCUT2D eigenvalue weighted by molar-refractivity contribution is 5.48. The summed E-state index contributed by atoms with van der Waals surface area (Å²) in [6, 6.07) is 9.60. The zero-order chi connectivity index (χ0) is 13.7. The van der Waals surface area contributed by atoms with Crippen molar-refractivity contribution < 1.29 is 0 Å². The predicted octanol–water partition coefficient (Wildman–Crippen LogP) is 2.33. The van der Waals surface area contributed by atoms with Crippen molar-refractivity contribution in [3.8, 4) is 0 Å². The van der Waals surface area contributed by atoms with Crippen LogP contribution in [0.4, 0.5) is 5.69 Å². The molecule has 1 fully saturated rings. The molecule has 1 aromatic rings. The average molecular weight is 261 g/mol. The molecule has 1 unspecified atom stereocenters. The van der Waals surface area contributed by atoms with Gasteiger partial charge in [-0.2, -0.15) is 0 Å². The summed E-state index contributed by atoms with van der Waals surface area (Å²) in [6.07, 6.45) is 2.68. The highest BCUT2D eigenvalue weighted by atomic mass is 15.1. The molecule has 0 aliphatic carbocycles. The molecule has 1 heterocycles. The van der Waals surface area contributed by atoms with Gasteiger partial charge in [0.15, 0.2) is 0 Å². The van der Waals surface area contributed by atoms with Gasteiger partial charge in [0.25, 0.3) is 0 Å². The fourth-order valence-electron chi connectivity index (χ4n) is 2.41. The first-order chi connectivity index (χ1) is 9.16. The Hall–Kier alpha value is -1.06. The van der Waals surface area contributed by atoms with Gasteiger partial charge in [-0.1, -0.05) is 12.1 Å². The standard InChI is InChI=1S/C16H27N3/c1-14(18(2)3)12-17-13-15-6-8-16(9-7-15)19-10-4-5-11-19/h6-9,14,17H,4-5,10-13H2,1-3H3. The van der Waals surface area contributed by atoms with Gasteiger partial charge in [0.1, 0.15) is 0 Å². The van der Waals surface area contributed by atoms with E-state index in [-0.39, 0.29) is 0 Å². The molecule has 0 aromatic heterocycles. The maximum absolute atomic E-state index is 3.52. The van der Waals surface area contributed by atoms with E-state index in [2.05, 4.69) is 60.4 Å². The van der Waals surface area contributed by atoms with Crippen molar-refractivity contribution in [2.45, 2.75) is 32.4 Å². The summed E-state index contributed by atoms with van der Waals surface area (Å²) in [6.45, 7) is 6.67. The molecule has 1 saturated heterocycles. The quantitative estimate of drug-likeness (QED) is 0.848. The first kappa shape index (κ1) is 14.4. The molecule has 106 valence electrons. The number of hydrogen-bond donors (Lipinski definition) is 1. The van der Waals surface area contributed by atoms with Crippen LogP contribution in [-0.2, 0) is 6.54 Å². The lowest BCUT2D eigenvalue weighted by Gasteiger charge is -2.20. The van der Waals surface area contributed by atoms with Gasteiger partial charge in [-0.15, -0.1) is 0 Å². The van der Waals surface area contributed by atoms with Crippen LogP contribution in [0.3, 0.4) is 0 Å². The Morgan fingerprint density at radius 1 is 1.16 bits per heavy atom. The predicted molar refractivity (Wildman–Crippen MR) is 82.7 cm³/mol. The first-order valence-electron chi connectivity index (χ1n) is 7.38. The van der Waals surface area contributed by atoms with Gasteiger partial charge in [-0.25, -0.2) is 0 Å². The second-order valence-corrected chi connectivity index (χ2v) is 5.80. The summed E-state index contributed by atoms with van der Waals surface area (Å²) in [7, 11) is 4.24. The topological polar surface area (TPSA) is 18.5 Å². The van der Waals surface area contributed by atoms with Crippen molar-refractivity contribution in [1.29, 1.82) is 0 Å². The summed E-state index contributed by atoms with van der Waals surface area (Å²) < 4.78 is 0. The molecule has 0 saturated carbocycles. The van der Waals surface area contributed by atoms with Crippen LogP contribution < -0.4 is 10.2 Å². The molecule has 19 heavy (non-hydrogen) atoms. The zero-order valence-electron chi connectivity index (χ0n) is 12.5. The maximum atomic E-state index is 3.52. The number of nitrogens with zero attached hydrogens (tertiary/aromatic N) is 2. The van der Waals surface area contributed by atoms with Gasteiger partial charge in [0.05, 0.1) is 0 Å². The highest BCUT2D eigenvalue weighted by Gasteiger charge is 2.11. The second-order valence-electron chi connectivity index (χ2n) is 5.80. The average Bonchev–Trinajstić information content (AvgIpc) is 2.93. The molecule has 0 radical (unpaired) electrons. The van der Waals surface area contributed by atoms with Crippen LogP contribution in [0.25, 0.3) is 0 Å². The lowest BCUT2D eigenvalue weighted by Crippen LogP contribution is -2.35. The molecule has 0 bridgehead atoms. The van der Waals surface area contributed by atoms with Crippen LogP contribution in [0.5, 0.6) is 0 Å². The normalized spacial score (nSPS) is 17.2. The van der Waals surface area contributed by atoms with Crippen LogP contribution in [0.1, 0.15) is 25.3 Å². The number of likely N-dealkylation sites (N-methyl/N-ethyl adjacent to an activating group) is 1. The Bertz CT molecular complexity index is 366. The SMILES string of the molecule is CC(CNCc1ccc(N2CCCC2)cc1)N(C)C. The van der Waals surface area contributed by atoms with E-state index in [0.717, 1.165) is 13.1 Å². The Labute approximate surface area is 117 Å². The van der Waals surface area contributed by atoms with Gasteiger partial charge < -0.3 is 15.1 Å². The van der Waals surface area contributed by atoms with Crippen LogP contribution in [0.15, 0.2) is 24.3 Å². The summed E-state index contributed by atoms with van der Waals surface area (Å²) in [5.74, 6) is 0. The van der Waals surface area contributed by atoms with Crippen molar-refractivity contribution >= 4 is 5.69 Å². The van der Waals surface area contributed by atoms with Crippen molar-refractivity contribution in [3.63, 3.8) is 0 Å². The highest BCUT2D eigenvalue weighted by Crippen LogP contribution is 2.20. The molecule has 1 aromatic carbocycles. The van der Waals surface area contributed by atoms with Gasteiger partial charge >= 0.3 is 0 Å². The second kappa shape index (κ2) is 6.92. The summed E-state index contributed by atoms with van der Waals surface area (Å²) in [5, 5.41) is 3.52. The number of rotatable bonds is 6. The Kier molecular flexibility index (Phi) is 5.23. The maximum Gasteiger partial charge on any atom is 0.0366 e. The van der Waals surface area contributed by atoms with Crippen molar-refractivity contribution in [2.24, 2.45) is 0 Å². The molecule has 1 aliphatic rings. The van der Waals surface area contributed by atoms with Crippen molar-refractivity contribution in [1.82, 2.24) is 10.2 Å². The largest absolute Gasteiger partial charge is 0.372 e. The fourth-order valence-corrected chi connectivity index (χ4v) is 2.41. The minimum atomic E-state index is 0.573. The van der Waals surface area contributed by atoms with Crippen LogP contribution in [-0.4, -0.2) is 44.7 Å². The van der Waals surface area contributed by atoms with Gasteiger partial charge in [0.2, 0.25) is 0 Å². The van der Waals surface area contributed by atoms with E-state index < -0.39 is 0 Å². The number of hydrogen-bond acceptors (Lipinski definition) is 3. The minimum Gasteiger partial charge on any atom is -0.372 e. The Balaban J connectivity index is 1.78. The van der Waals surface area contributed by atoms with Gasteiger partial charge in [0, 0.05) is 37.9 Å². The van der Waals surface area contributed by atoms with Crippen molar-refractivity contribution in [3.05, 3.63) is 29.8 Å². The van der Waals surface area contributed by atoms with E-state index in [9.17, 15) is 0 Å². The molecule has 2 rings (SSSR count). The molecule has 0 amide bonds. The molecule has 1 N–H and O–H groups in total. The molecule has 1 aliphatic heterocycles. The summed E-state index contributed by atoms with van der Waals surface area (Å²) >= 11 is 0. The lowest BCUT2D eigenvalue weighted by molar-refractivity contribution is 0.302. The van der Waals surface area contributed by atoms with Crippen LogP contribution in [0, 0.1) is 0 Å². The third-order valence-corrected chi connectivity index (χ3v) is 4.06. The first-order valence-corrected chi connectivity index (χ1v) is 7.38. The van der Waals surface area contributed by atoms with Gasteiger partial charge in [-0.05, 0) is 51.6 Å². The molecule has 3 nitrogen and oxygen atoms in total. The number of benzene rings is 1. The summed E-state index contributed by atoms with van der Waals surface area (Å²) in [5.41, 5.74) is 2.75. The van der Waals surface area contributed by atoms with Crippen LogP contribution >= 0.6 is 0 Å². The van der Waals surface area contributed by atoms with Crippen LogP contribution in [0.2, 0.25) is 0 Å². The number of anilines is 1. The smallest absolute Gasteiger partial charge is 0.0366 e. The summed E-state index contributed by atoms with van der Waals surface area (Å²) in [4.78, 5) is 4.72. The third kappa shape index (κ3) is 4.22. The van der Waals surface area contributed by atoms with E-state index >= 15 is 0 Å². The molecule has 3 heteroatoms. The van der Waals surface area contributed by atoms with Gasteiger partial charge in [-0.3, -0.25) is 0 Å². The fraction of sp³-hybridized carbons (Fsp3) is 0.625. The minimum absolute atomic E-state index is 0.573. The lowest BCUT2D eigenvalue weighted by atomic mass is 10.2. The molecule has 0 spiro atoms. The van der Waals surface area contributed by atoms with E-state index in [0.29, 0.717) is 6.04 Å². The molecule has 1 atom stereocenters.